The fourth-order valence-electron chi connectivity index (χ4n) is 3.62. The Morgan fingerprint density at radius 3 is 2.53 bits per heavy atom. The summed E-state index contributed by atoms with van der Waals surface area (Å²) in [5.41, 5.74) is 7.82. The Bertz CT molecular complexity index is 1440. The average Bonchev–Trinajstić information content (AvgIpc) is 2.74. The number of anilines is 1. The van der Waals surface area contributed by atoms with Crippen molar-refractivity contribution >= 4 is 32.3 Å². The number of aromatic nitrogens is 3. The van der Waals surface area contributed by atoms with E-state index >= 15 is 0 Å². The van der Waals surface area contributed by atoms with E-state index in [-0.39, 0.29) is 32.6 Å². The van der Waals surface area contributed by atoms with Gasteiger partial charge in [0, 0.05) is 11.8 Å². The zero-order valence-corrected chi connectivity index (χ0v) is 17.8. The third kappa shape index (κ3) is 2.95. The molecule has 7 nitrogen and oxygen atoms in total. The van der Waals surface area contributed by atoms with Gasteiger partial charge < -0.3 is 5.73 Å². The standard InChI is InChI=1S/C22H22N4O3S/c1-4-15(3)26-19(23)18(30(28,29)16-10-6-5-7-11-16)13-17-21(26)24-20-14(2)9-8-12-25(20)22(17)27/h5-13,15,23H,4H2,1-3H3/p+1/t15-/m0/s1. The van der Waals surface area contributed by atoms with Crippen LogP contribution >= 0.6 is 0 Å². The molecule has 8 heteroatoms. The Balaban J connectivity index is 2.20. The van der Waals surface area contributed by atoms with E-state index in [4.69, 9.17) is 10.7 Å². The minimum atomic E-state index is -3.93. The van der Waals surface area contributed by atoms with Crippen molar-refractivity contribution in [2.45, 2.75) is 43.0 Å². The van der Waals surface area contributed by atoms with E-state index in [1.54, 1.807) is 35.0 Å². The number of nitrogen functional groups attached to an aromatic ring is 1. The van der Waals surface area contributed by atoms with Gasteiger partial charge in [-0.3, -0.25) is 9.20 Å². The molecule has 154 valence electrons. The Morgan fingerprint density at radius 2 is 1.87 bits per heavy atom. The van der Waals surface area contributed by atoms with Gasteiger partial charge in [0.15, 0.2) is 0 Å². The molecule has 30 heavy (non-hydrogen) atoms. The Hall–Kier alpha value is -3.26. The molecule has 0 aliphatic rings. The van der Waals surface area contributed by atoms with E-state index in [2.05, 4.69) is 0 Å². The van der Waals surface area contributed by atoms with E-state index in [9.17, 15) is 13.2 Å². The molecule has 3 aromatic heterocycles. The largest absolute Gasteiger partial charge is 0.317 e. The van der Waals surface area contributed by atoms with E-state index in [0.29, 0.717) is 17.7 Å². The molecule has 0 aliphatic carbocycles. The smallest absolute Gasteiger partial charge is 0.278 e. The summed E-state index contributed by atoms with van der Waals surface area (Å²) in [5.74, 6) is 0.0746. The van der Waals surface area contributed by atoms with Crippen LogP contribution in [0, 0.1) is 6.92 Å². The summed E-state index contributed by atoms with van der Waals surface area (Å²) in [6.45, 7) is 5.77. The summed E-state index contributed by atoms with van der Waals surface area (Å²) in [7, 11) is -3.93. The van der Waals surface area contributed by atoms with Crippen LogP contribution < -0.4 is 15.9 Å². The summed E-state index contributed by atoms with van der Waals surface area (Å²) in [6, 6.07) is 12.9. The number of sulfone groups is 1. The van der Waals surface area contributed by atoms with Crippen molar-refractivity contribution in [2.75, 3.05) is 5.73 Å². The number of nitrogens with two attached hydrogens (primary N) is 1. The van der Waals surface area contributed by atoms with Gasteiger partial charge in [-0.1, -0.05) is 36.2 Å². The number of aryl methyl sites for hydroxylation is 1. The molecule has 0 bridgehead atoms. The van der Waals surface area contributed by atoms with Crippen LogP contribution in [0.3, 0.4) is 0 Å². The molecule has 0 fully saturated rings. The van der Waals surface area contributed by atoms with Gasteiger partial charge >= 0.3 is 0 Å². The highest BCUT2D eigenvalue weighted by atomic mass is 32.2. The maximum Gasteiger partial charge on any atom is 0.278 e. The maximum atomic E-state index is 13.4. The van der Waals surface area contributed by atoms with Crippen LogP contribution in [0.4, 0.5) is 5.82 Å². The van der Waals surface area contributed by atoms with Gasteiger partial charge in [-0.25, -0.2) is 13.0 Å². The molecule has 3 heterocycles. The Kier molecular flexibility index (Phi) is 4.82. The Morgan fingerprint density at radius 1 is 1.17 bits per heavy atom. The van der Waals surface area contributed by atoms with Gasteiger partial charge in [-0.15, -0.1) is 0 Å². The summed E-state index contributed by atoms with van der Waals surface area (Å²) in [6.07, 6.45) is 2.32. The molecule has 0 saturated carbocycles. The van der Waals surface area contributed by atoms with Crippen LogP contribution in [0.1, 0.15) is 31.9 Å². The van der Waals surface area contributed by atoms with Gasteiger partial charge in [0.05, 0.1) is 10.9 Å². The number of hydrogen-bond donors (Lipinski definition) is 1. The van der Waals surface area contributed by atoms with E-state index in [1.165, 1.54) is 22.6 Å². The Labute approximate surface area is 174 Å². The fraction of sp³-hybridized carbons (Fsp3) is 0.227. The van der Waals surface area contributed by atoms with Crippen LogP contribution in [0.15, 0.2) is 69.3 Å². The van der Waals surface area contributed by atoms with E-state index in [1.807, 2.05) is 26.8 Å². The van der Waals surface area contributed by atoms with Crippen LogP contribution in [-0.2, 0) is 9.84 Å². The summed E-state index contributed by atoms with van der Waals surface area (Å²) in [5, 5.41) is 0.210. The molecule has 4 aromatic rings. The zero-order valence-electron chi connectivity index (χ0n) is 17.0. The van der Waals surface area contributed by atoms with Crippen LogP contribution in [0.25, 0.3) is 16.7 Å². The summed E-state index contributed by atoms with van der Waals surface area (Å²) < 4.78 is 29.8. The first kappa shape index (κ1) is 20.0. The third-order valence-corrected chi connectivity index (χ3v) is 7.25. The molecule has 0 saturated heterocycles. The lowest BCUT2D eigenvalue weighted by atomic mass is 10.2. The lowest BCUT2D eigenvalue weighted by molar-refractivity contribution is -0.684. The van der Waals surface area contributed by atoms with Crippen LogP contribution in [0.2, 0.25) is 0 Å². The first-order chi connectivity index (χ1) is 14.3. The number of hydrogen-bond acceptors (Lipinski definition) is 5. The lowest BCUT2D eigenvalue weighted by Crippen LogP contribution is -2.44. The monoisotopic (exact) mass is 423 g/mol. The second-order valence-corrected chi connectivity index (χ2v) is 9.29. The molecular formula is C22H23N4O3S+. The van der Waals surface area contributed by atoms with Crippen molar-refractivity contribution < 1.29 is 13.0 Å². The topological polar surface area (TPSA) is 98.4 Å². The van der Waals surface area contributed by atoms with Gasteiger partial charge in [0.25, 0.3) is 11.2 Å². The first-order valence-electron chi connectivity index (χ1n) is 9.73. The van der Waals surface area contributed by atoms with Gasteiger partial charge in [0.1, 0.15) is 10.3 Å². The van der Waals surface area contributed by atoms with E-state index < -0.39 is 9.84 Å². The predicted molar refractivity (Wildman–Crippen MR) is 115 cm³/mol. The predicted octanol–water partition coefficient (Wildman–Crippen LogP) is 2.83. The highest BCUT2D eigenvalue weighted by Crippen LogP contribution is 2.27. The highest BCUT2D eigenvalue weighted by molar-refractivity contribution is 7.91. The van der Waals surface area contributed by atoms with Crippen molar-refractivity contribution in [1.29, 1.82) is 0 Å². The molecular weight excluding hydrogens is 400 g/mol. The lowest BCUT2D eigenvalue weighted by Gasteiger charge is -2.16. The maximum absolute atomic E-state index is 13.4. The molecule has 0 unspecified atom stereocenters. The summed E-state index contributed by atoms with van der Waals surface area (Å²) in [4.78, 5) is 18.1. The quantitative estimate of drug-likeness (QED) is 0.402. The molecule has 2 N–H and O–H groups in total. The summed E-state index contributed by atoms with van der Waals surface area (Å²) >= 11 is 0. The van der Waals surface area contributed by atoms with Gasteiger partial charge in [-0.2, -0.15) is 0 Å². The second kappa shape index (κ2) is 7.21. The van der Waals surface area contributed by atoms with Crippen molar-refractivity contribution in [2.24, 2.45) is 0 Å². The van der Waals surface area contributed by atoms with Crippen molar-refractivity contribution in [3.63, 3.8) is 0 Å². The van der Waals surface area contributed by atoms with Gasteiger partial charge in [0.2, 0.25) is 21.3 Å². The van der Waals surface area contributed by atoms with Gasteiger partial charge in [-0.05, 0) is 44.5 Å². The van der Waals surface area contributed by atoms with Crippen LogP contribution in [0.5, 0.6) is 0 Å². The number of pyridine rings is 2. The molecule has 0 aliphatic heterocycles. The second-order valence-electron chi connectivity index (χ2n) is 7.38. The molecule has 0 spiro atoms. The number of benzene rings is 1. The van der Waals surface area contributed by atoms with Crippen molar-refractivity contribution in [3.05, 3.63) is 70.6 Å². The molecule has 0 radical (unpaired) electrons. The average molecular weight is 424 g/mol. The minimum Gasteiger partial charge on any atom is -0.317 e. The number of rotatable bonds is 4. The van der Waals surface area contributed by atoms with E-state index in [0.717, 1.165) is 5.56 Å². The zero-order chi connectivity index (χ0) is 21.6. The number of fused-ring (bicyclic) bond motifs is 2. The minimum absolute atomic E-state index is 0.0746. The molecule has 0 amide bonds. The first-order valence-corrected chi connectivity index (χ1v) is 11.2. The molecule has 1 atom stereocenters. The molecule has 4 rings (SSSR count). The third-order valence-electron chi connectivity index (χ3n) is 5.45. The van der Waals surface area contributed by atoms with Crippen molar-refractivity contribution in [3.8, 4) is 0 Å². The normalized spacial score (nSPS) is 13.0. The number of nitrogens with zero attached hydrogens (tertiary/aromatic N) is 3. The molecule has 1 aromatic carbocycles. The van der Waals surface area contributed by atoms with Crippen molar-refractivity contribution in [1.82, 2.24) is 9.38 Å². The fourth-order valence-corrected chi connectivity index (χ4v) is 5.03. The SMILES string of the molecule is CC[C@H](C)[n+]1c(N)c(S(=O)(=O)c2ccccc2)cc2c(=O)n3cccc(C)c3nc21. The van der Waals surface area contributed by atoms with Crippen LogP contribution in [-0.4, -0.2) is 17.8 Å². The highest BCUT2D eigenvalue weighted by Gasteiger charge is 2.30.